The number of allylic oxidation sites excluding steroid dienone is 5. The Morgan fingerprint density at radius 1 is 0.305 bits per heavy atom. The van der Waals surface area contributed by atoms with E-state index < -0.39 is 5.41 Å². The molecule has 0 heteroatoms. The van der Waals surface area contributed by atoms with Crippen molar-refractivity contribution in [3.63, 3.8) is 0 Å². The van der Waals surface area contributed by atoms with Crippen LogP contribution in [-0.2, 0) is 5.41 Å². The summed E-state index contributed by atoms with van der Waals surface area (Å²) in [5.74, 6) is 0.162. The number of fused-ring (bicyclic) bond motifs is 9. The predicted octanol–water partition coefficient (Wildman–Crippen LogP) is 20.5. The monoisotopic (exact) mass is 1040 g/mol. The van der Waals surface area contributed by atoms with Gasteiger partial charge in [0.25, 0.3) is 0 Å². The Hall–Kier alpha value is -10.1. The molecule has 1 spiro atoms. The Morgan fingerprint density at radius 3 is 0.878 bits per heavy atom. The van der Waals surface area contributed by atoms with Gasteiger partial charge in [-0.2, -0.15) is 0 Å². The highest BCUT2D eigenvalue weighted by atomic mass is 14.6. The van der Waals surface area contributed by atoms with Gasteiger partial charge in [0.05, 0.1) is 5.41 Å². The van der Waals surface area contributed by atoms with Crippen molar-refractivity contribution in [3.05, 3.63) is 405 Å². The van der Waals surface area contributed by atoms with Crippen molar-refractivity contribution >= 4 is 46.1 Å². The molecule has 0 saturated heterocycles. The molecule has 0 radical (unpaired) electrons. The maximum absolute atomic E-state index is 2.56. The van der Waals surface area contributed by atoms with Crippen LogP contribution < -0.4 is 0 Å². The lowest BCUT2D eigenvalue weighted by Crippen LogP contribution is -2.33. The van der Waals surface area contributed by atoms with E-state index in [1.807, 2.05) is 0 Å². The van der Waals surface area contributed by atoms with Gasteiger partial charge >= 0.3 is 0 Å². The molecule has 0 fully saturated rings. The van der Waals surface area contributed by atoms with Gasteiger partial charge in [0.2, 0.25) is 0 Å². The average molecular weight is 1050 g/mol. The van der Waals surface area contributed by atoms with E-state index in [0.717, 1.165) is 16.7 Å². The maximum atomic E-state index is 2.56. The fourth-order valence-electron chi connectivity index (χ4n) is 13.3. The Labute approximate surface area is 483 Å². The third kappa shape index (κ3) is 9.19. The minimum Gasteiger partial charge on any atom is -0.0764 e. The first-order chi connectivity index (χ1) is 40.6. The summed E-state index contributed by atoms with van der Waals surface area (Å²) in [5, 5.41) is 0. The molecule has 14 rings (SSSR count). The molecule has 0 nitrogen and oxygen atoms in total. The Bertz CT molecular complexity index is 4000. The van der Waals surface area contributed by atoms with E-state index in [2.05, 4.69) is 341 Å². The summed E-state index contributed by atoms with van der Waals surface area (Å²) in [5.41, 5.74) is 27.7. The first-order valence-corrected chi connectivity index (χ1v) is 28.8. The van der Waals surface area contributed by atoms with Gasteiger partial charge in [-0.25, -0.2) is 0 Å². The van der Waals surface area contributed by atoms with Crippen molar-refractivity contribution in [1.29, 1.82) is 0 Å². The van der Waals surface area contributed by atoms with Crippen LogP contribution in [-0.4, -0.2) is 0 Å². The zero-order chi connectivity index (χ0) is 54.8. The summed E-state index contributed by atoms with van der Waals surface area (Å²) in [7, 11) is 0. The molecule has 2 unspecified atom stereocenters. The van der Waals surface area contributed by atoms with Gasteiger partial charge in [0, 0.05) is 5.92 Å². The minimum absolute atomic E-state index is 0.0756. The fraction of sp³-hybridized carbons (Fsp3) is 0.0488. The van der Waals surface area contributed by atoms with Crippen LogP contribution in [0.5, 0.6) is 0 Å². The van der Waals surface area contributed by atoms with Crippen LogP contribution >= 0.6 is 0 Å². The van der Waals surface area contributed by atoms with Crippen LogP contribution in [0, 0.1) is 11.8 Å². The molecule has 3 aliphatic rings. The minimum atomic E-state index is -0.679. The second kappa shape index (κ2) is 21.8. The van der Waals surface area contributed by atoms with Gasteiger partial charge in [-0.05, 0) is 170 Å². The third-order valence-corrected chi connectivity index (χ3v) is 17.1. The Balaban J connectivity index is 1.05. The van der Waals surface area contributed by atoms with Crippen molar-refractivity contribution in [2.24, 2.45) is 11.8 Å². The molecule has 0 bridgehead atoms. The lowest BCUT2D eigenvalue weighted by molar-refractivity contribution is 0.517. The van der Waals surface area contributed by atoms with Crippen molar-refractivity contribution in [2.75, 3.05) is 0 Å². The molecule has 0 heterocycles. The van der Waals surface area contributed by atoms with Crippen molar-refractivity contribution in [3.8, 4) is 11.1 Å². The summed E-state index contributed by atoms with van der Waals surface area (Å²) >= 11 is 0. The van der Waals surface area contributed by atoms with Crippen LogP contribution in [0.15, 0.2) is 321 Å². The normalized spacial score (nSPS) is 14.9. The molecule has 0 N–H and O–H groups in total. The second-order valence-electron chi connectivity index (χ2n) is 21.9. The highest BCUT2D eigenvalue weighted by molar-refractivity contribution is 6.01. The summed E-state index contributed by atoms with van der Waals surface area (Å²) < 4.78 is 0. The maximum Gasteiger partial charge on any atom is 0.0692 e. The van der Waals surface area contributed by atoms with E-state index in [-0.39, 0.29) is 11.8 Å². The Kier molecular flexibility index (Phi) is 13.3. The summed E-state index contributed by atoms with van der Waals surface area (Å²) in [6.45, 7) is 2.50. The van der Waals surface area contributed by atoms with Gasteiger partial charge in [-0.15, -0.1) is 0 Å². The summed E-state index contributed by atoms with van der Waals surface area (Å²) in [4.78, 5) is 0. The van der Waals surface area contributed by atoms with Crippen molar-refractivity contribution < 1.29 is 0 Å². The first kappa shape index (κ1) is 50.1. The van der Waals surface area contributed by atoms with Gasteiger partial charge in [-0.3, -0.25) is 0 Å². The van der Waals surface area contributed by atoms with Crippen LogP contribution in [0.25, 0.3) is 57.2 Å². The molecule has 0 amide bonds. The van der Waals surface area contributed by atoms with Crippen molar-refractivity contribution in [1.82, 2.24) is 0 Å². The van der Waals surface area contributed by atoms with Gasteiger partial charge in [0.1, 0.15) is 0 Å². The Morgan fingerprint density at radius 2 is 0.573 bits per heavy atom. The molecule has 11 aromatic rings. The van der Waals surface area contributed by atoms with Gasteiger partial charge in [-0.1, -0.05) is 304 Å². The molecule has 388 valence electrons. The van der Waals surface area contributed by atoms with Crippen molar-refractivity contribution in [2.45, 2.75) is 12.3 Å². The molecule has 3 aliphatic carbocycles. The van der Waals surface area contributed by atoms with Crippen LogP contribution in [0.1, 0.15) is 90.4 Å². The van der Waals surface area contributed by atoms with Crippen LogP contribution in [0.2, 0.25) is 0 Å². The number of benzene rings is 11. The molecule has 82 heavy (non-hydrogen) atoms. The summed E-state index contributed by atoms with van der Waals surface area (Å²) in [6, 6.07) is 109. The molecule has 11 aromatic carbocycles. The van der Waals surface area contributed by atoms with Gasteiger partial charge in [0.15, 0.2) is 0 Å². The van der Waals surface area contributed by atoms with Crippen LogP contribution in [0.4, 0.5) is 0 Å². The van der Waals surface area contributed by atoms with E-state index in [4.69, 9.17) is 0 Å². The van der Waals surface area contributed by atoms with E-state index in [9.17, 15) is 0 Å². The summed E-state index contributed by atoms with van der Waals surface area (Å²) in [6.07, 6.45) is 14.8. The lowest BCUT2D eigenvalue weighted by atomic mass is 9.63. The molecule has 0 aliphatic heterocycles. The smallest absolute Gasteiger partial charge is 0.0692 e. The molecular weight excluding hydrogens is 985 g/mol. The average Bonchev–Trinajstić information content (AvgIpc) is 2.55. The van der Waals surface area contributed by atoms with Gasteiger partial charge < -0.3 is 0 Å². The van der Waals surface area contributed by atoms with E-state index in [0.29, 0.717) is 0 Å². The zero-order valence-electron chi connectivity index (χ0n) is 45.9. The zero-order valence-corrected chi connectivity index (χ0v) is 45.9. The lowest BCUT2D eigenvalue weighted by Gasteiger charge is -2.39. The fourth-order valence-corrected chi connectivity index (χ4v) is 13.3. The standard InChI is InChI=1S/C82H60/c1-57-69(56-77(67-38-22-8-23-39-67)68-40-24-9-25-41-68)45-49-73-72-48-44-60(52-76(65-34-18-6-19-35-65)66-36-20-7-21-37-66)55-80(72)82(81(57)73)78-53-58(50-74(61-26-10-2-11-27-61)62-28-12-3-13-29-62)42-46-70(78)71-47-43-59(54-79(71)82)51-75(63-30-14-4-15-31-63)64-32-16-5-17-33-64/h2-57,69H,1H3. The largest absolute Gasteiger partial charge is 0.0764 e. The molecule has 0 aromatic heterocycles. The molecular formula is C82H60. The first-order valence-electron chi connectivity index (χ1n) is 28.8. The number of rotatable bonds is 12. The topological polar surface area (TPSA) is 0 Å². The quantitative estimate of drug-likeness (QED) is 0.107. The third-order valence-electron chi connectivity index (χ3n) is 17.1. The SMILES string of the molecule is CC1C2=C(C=CC1C=C(c1ccccc1)c1ccccc1)c1ccc(C=C(c3ccccc3)c3ccccc3)cc1C21c2cc(C=C(c3ccccc3)c3ccccc3)ccc2-c2ccc(C=C(c3ccccc3)c3ccccc3)cc21. The predicted molar refractivity (Wildman–Crippen MR) is 346 cm³/mol. The molecule has 2 atom stereocenters. The van der Waals surface area contributed by atoms with E-state index in [1.54, 1.807) is 0 Å². The number of hydrogen-bond donors (Lipinski definition) is 0. The van der Waals surface area contributed by atoms with E-state index >= 15 is 0 Å². The second-order valence-corrected chi connectivity index (χ2v) is 21.9. The molecule has 0 saturated carbocycles. The highest BCUT2D eigenvalue weighted by Gasteiger charge is 2.55. The highest BCUT2D eigenvalue weighted by Crippen LogP contribution is 2.66. The van der Waals surface area contributed by atoms with E-state index in [1.165, 1.54) is 111 Å². The van der Waals surface area contributed by atoms with Crippen LogP contribution in [0.3, 0.4) is 0 Å². The number of hydrogen-bond acceptors (Lipinski definition) is 0.